The average molecular weight is 403 g/mol. The maximum absolute atomic E-state index is 13.0. The van der Waals surface area contributed by atoms with Gasteiger partial charge in [-0.3, -0.25) is 4.79 Å². The fraction of sp³-hybridized carbons (Fsp3) is 0.318. The molecule has 4 rings (SSSR count). The molecule has 0 saturated carbocycles. The summed E-state index contributed by atoms with van der Waals surface area (Å²) < 4.78 is 3.33. The zero-order valence-corrected chi connectivity index (χ0v) is 18.1. The average Bonchev–Trinajstić information content (AvgIpc) is 3.26. The van der Waals surface area contributed by atoms with Crippen LogP contribution in [0.2, 0.25) is 0 Å². The van der Waals surface area contributed by atoms with E-state index in [9.17, 15) is 4.79 Å². The fourth-order valence-corrected chi connectivity index (χ4v) is 3.26. The lowest BCUT2D eigenvalue weighted by Gasteiger charge is -2.14. The Kier molecular flexibility index (Phi) is 4.64. The minimum atomic E-state index is -0.409. The van der Waals surface area contributed by atoms with Crippen molar-refractivity contribution in [1.29, 1.82) is 0 Å². The first-order valence-corrected chi connectivity index (χ1v) is 9.82. The minimum Gasteiger partial charge on any atom is -0.304 e. The van der Waals surface area contributed by atoms with Gasteiger partial charge < -0.3 is 5.32 Å². The number of carbonyl (C=O) groups excluding carboxylic acids is 1. The molecule has 0 bridgehead atoms. The lowest BCUT2D eigenvalue weighted by molar-refractivity contribution is 0.101. The Hall–Kier alpha value is -3.55. The van der Waals surface area contributed by atoms with Gasteiger partial charge in [-0.05, 0) is 38.5 Å². The van der Waals surface area contributed by atoms with Crippen LogP contribution in [-0.2, 0) is 5.41 Å². The number of nitrogens with zero attached hydrogens (tertiary/aromatic N) is 6. The van der Waals surface area contributed by atoms with E-state index in [1.165, 1.54) is 0 Å². The summed E-state index contributed by atoms with van der Waals surface area (Å²) in [6, 6.07) is 11.7. The lowest BCUT2D eigenvalue weighted by Crippen LogP contribution is -2.17. The molecule has 30 heavy (non-hydrogen) atoms. The number of aryl methyl sites for hydroxylation is 3. The van der Waals surface area contributed by atoms with Crippen molar-refractivity contribution in [3.05, 3.63) is 64.9 Å². The Morgan fingerprint density at radius 1 is 1.00 bits per heavy atom. The van der Waals surface area contributed by atoms with Crippen LogP contribution in [0.3, 0.4) is 0 Å². The van der Waals surface area contributed by atoms with Gasteiger partial charge in [0.05, 0.1) is 11.4 Å². The number of amides is 1. The minimum absolute atomic E-state index is 0.0612. The maximum Gasteiger partial charge on any atom is 0.296 e. The van der Waals surface area contributed by atoms with Crippen LogP contribution in [0.15, 0.2) is 36.4 Å². The van der Waals surface area contributed by atoms with Gasteiger partial charge in [0.2, 0.25) is 5.82 Å². The largest absolute Gasteiger partial charge is 0.304 e. The molecule has 0 spiro atoms. The lowest BCUT2D eigenvalue weighted by atomic mass is 9.92. The van der Waals surface area contributed by atoms with Crippen LogP contribution in [0.5, 0.6) is 0 Å². The van der Waals surface area contributed by atoms with Gasteiger partial charge in [0, 0.05) is 22.9 Å². The van der Waals surface area contributed by atoms with E-state index < -0.39 is 5.91 Å². The first kappa shape index (κ1) is 19.8. The molecular weight excluding hydrogens is 378 g/mol. The van der Waals surface area contributed by atoms with Crippen LogP contribution < -0.4 is 5.32 Å². The summed E-state index contributed by atoms with van der Waals surface area (Å²) in [5.41, 5.74) is 4.35. The van der Waals surface area contributed by atoms with E-state index in [0.29, 0.717) is 11.6 Å². The molecule has 1 amide bonds. The van der Waals surface area contributed by atoms with Gasteiger partial charge in [0.1, 0.15) is 5.82 Å². The Morgan fingerprint density at radius 2 is 1.73 bits per heavy atom. The van der Waals surface area contributed by atoms with Crippen LogP contribution in [0.4, 0.5) is 5.82 Å². The Balaban J connectivity index is 1.75. The molecule has 1 N–H and O–H groups in total. The van der Waals surface area contributed by atoms with Crippen molar-refractivity contribution in [2.45, 2.75) is 47.0 Å². The van der Waals surface area contributed by atoms with Crippen molar-refractivity contribution in [3.63, 3.8) is 0 Å². The number of hydrogen-bond acceptors (Lipinski definition) is 5. The molecule has 1 aromatic carbocycles. The second kappa shape index (κ2) is 7.05. The number of nitrogens with one attached hydrogen (secondary N) is 1. The van der Waals surface area contributed by atoms with Gasteiger partial charge in [-0.15, -0.1) is 5.10 Å². The summed E-state index contributed by atoms with van der Waals surface area (Å²) in [5.74, 6) is 0.623. The van der Waals surface area contributed by atoms with Crippen molar-refractivity contribution in [3.8, 4) is 5.69 Å². The number of aromatic nitrogens is 6. The molecule has 0 aliphatic heterocycles. The van der Waals surface area contributed by atoms with Gasteiger partial charge in [-0.2, -0.15) is 10.1 Å². The number of rotatable bonds is 3. The molecule has 0 atom stereocenters. The third-order valence-electron chi connectivity index (χ3n) is 4.88. The van der Waals surface area contributed by atoms with E-state index in [1.807, 2.05) is 57.2 Å². The van der Waals surface area contributed by atoms with Crippen LogP contribution in [0.25, 0.3) is 11.5 Å². The van der Waals surface area contributed by atoms with E-state index in [1.54, 1.807) is 9.20 Å². The van der Waals surface area contributed by atoms with Gasteiger partial charge in [0.25, 0.3) is 11.7 Å². The predicted octanol–water partition coefficient (Wildman–Crippen LogP) is 3.79. The zero-order chi connectivity index (χ0) is 21.6. The fourth-order valence-electron chi connectivity index (χ4n) is 3.26. The molecule has 0 fully saturated rings. The molecule has 0 radical (unpaired) electrons. The van der Waals surface area contributed by atoms with Gasteiger partial charge in [-0.25, -0.2) is 14.2 Å². The number of fused-ring (bicyclic) bond motifs is 1. The number of hydrogen-bond donors (Lipinski definition) is 1. The molecule has 0 saturated heterocycles. The molecule has 154 valence electrons. The first-order chi connectivity index (χ1) is 14.1. The summed E-state index contributed by atoms with van der Waals surface area (Å²) >= 11 is 0. The highest BCUT2D eigenvalue weighted by atomic mass is 16.2. The van der Waals surface area contributed by atoms with Crippen molar-refractivity contribution >= 4 is 17.5 Å². The van der Waals surface area contributed by atoms with Crippen LogP contribution in [-0.4, -0.2) is 35.3 Å². The number of benzene rings is 1. The molecule has 3 heterocycles. The second-order valence-corrected chi connectivity index (χ2v) is 8.50. The highest BCUT2D eigenvalue weighted by molar-refractivity contribution is 6.01. The number of para-hydroxylation sites is 1. The summed E-state index contributed by atoms with van der Waals surface area (Å²) in [4.78, 5) is 21.6. The second-order valence-electron chi connectivity index (χ2n) is 8.50. The first-order valence-electron chi connectivity index (χ1n) is 9.82. The van der Waals surface area contributed by atoms with Gasteiger partial charge in [0.15, 0.2) is 0 Å². The molecule has 0 aliphatic rings. The number of anilines is 1. The normalized spacial score (nSPS) is 11.8. The predicted molar refractivity (Wildman–Crippen MR) is 115 cm³/mol. The SMILES string of the molecule is Cc1cc(C)n2nc(C(=O)Nc3cc(C(C)(C)C)nn3-c3ccccc3C)nc2n1. The highest BCUT2D eigenvalue weighted by Crippen LogP contribution is 2.27. The molecular formula is C22H25N7O. The quantitative estimate of drug-likeness (QED) is 0.562. The van der Waals surface area contributed by atoms with Crippen molar-refractivity contribution in [1.82, 2.24) is 29.4 Å². The molecule has 8 heteroatoms. The topological polar surface area (TPSA) is 90.0 Å². The molecule has 8 nitrogen and oxygen atoms in total. The number of carbonyl (C=O) groups is 1. The summed E-state index contributed by atoms with van der Waals surface area (Å²) in [5, 5.41) is 12.0. The summed E-state index contributed by atoms with van der Waals surface area (Å²) in [7, 11) is 0. The van der Waals surface area contributed by atoms with E-state index in [2.05, 4.69) is 41.2 Å². The molecule has 0 aliphatic carbocycles. The van der Waals surface area contributed by atoms with Crippen molar-refractivity contribution in [2.24, 2.45) is 0 Å². The third-order valence-corrected chi connectivity index (χ3v) is 4.88. The zero-order valence-electron chi connectivity index (χ0n) is 18.1. The Bertz CT molecular complexity index is 1260. The molecule has 0 unspecified atom stereocenters. The van der Waals surface area contributed by atoms with E-state index in [4.69, 9.17) is 5.10 Å². The summed E-state index contributed by atoms with van der Waals surface area (Å²) in [6.45, 7) is 12.1. The van der Waals surface area contributed by atoms with Crippen molar-refractivity contribution < 1.29 is 4.79 Å². The van der Waals surface area contributed by atoms with E-state index in [0.717, 1.165) is 28.3 Å². The van der Waals surface area contributed by atoms with Gasteiger partial charge >= 0.3 is 0 Å². The monoisotopic (exact) mass is 403 g/mol. The standard InChI is InChI=1S/C22H25N7O/c1-13-9-7-8-10-16(13)29-18(12-17(26-29)22(4,5)6)24-20(30)19-25-21-23-14(2)11-15(3)28(21)27-19/h7-12H,1-6H3,(H,24,30). The van der Waals surface area contributed by atoms with Crippen LogP contribution in [0, 0.1) is 20.8 Å². The van der Waals surface area contributed by atoms with Gasteiger partial charge in [-0.1, -0.05) is 39.0 Å². The Morgan fingerprint density at radius 3 is 2.43 bits per heavy atom. The molecule has 3 aromatic heterocycles. The van der Waals surface area contributed by atoms with E-state index in [-0.39, 0.29) is 11.2 Å². The highest BCUT2D eigenvalue weighted by Gasteiger charge is 2.23. The summed E-state index contributed by atoms with van der Waals surface area (Å²) in [6.07, 6.45) is 0. The Labute approximate surface area is 175 Å². The van der Waals surface area contributed by atoms with Crippen molar-refractivity contribution in [2.75, 3.05) is 5.32 Å². The smallest absolute Gasteiger partial charge is 0.296 e. The van der Waals surface area contributed by atoms with Crippen LogP contribution in [0.1, 0.15) is 54.0 Å². The van der Waals surface area contributed by atoms with E-state index >= 15 is 0 Å². The third kappa shape index (κ3) is 3.56. The maximum atomic E-state index is 13.0. The van der Waals surface area contributed by atoms with Crippen LogP contribution >= 0.6 is 0 Å². The molecule has 4 aromatic rings.